The normalized spacial score (nSPS) is 14.8. The van der Waals surface area contributed by atoms with E-state index in [2.05, 4.69) is 5.32 Å². The highest BCUT2D eigenvalue weighted by molar-refractivity contribution is 5.62. The van der Waals surface area contributed by atoms with E-state index in [9.17, 15) is 8.78 Å². The van der Waals surface area contributed by atoms with Crippen molar-refractivity contribution in [2.75, 3.05) is 11.9 Å². The van der Waals surface area contributed by atoms with Crippen LogP contribution < -0.4 is 5.32 Å². The van der Waals surface area contributed by atoms with Crippen LogP contribution in [0.4, 0.5) is 14.5 Å². The summed E-state index contributed by atoms with van der Waals surface area (Å²) in [7, 11) is 0. The summed E-state index contributed by atoms with van der Waals surface area (Å²) in [6.45, 7) is 0.860. The third-order valence-electron chi connectivity index (χ3n) is 3.52. The fraction of sp³-hybridized carbons (Fsp3) is 0.250. The summed E-state index contributed by atoms with van der Waals surface area (Å²) in [4.78, 5) is 0. The summed E-state index contributed by atoms with van der Waals surface area (Å²) in [5.74, 6) is -0.318. The number of rotatable bonds is 3. The van der Waals surface area contributed by atoms with Crippen LogP contribution in [-0.4, -0.2) is 6.54 Å². The Morgan fingerprint density at radius 2 is 2.00 bits per heavy atom. The molecule has 0 amide bonds. The summed E-state index contributed by atoms with van der Waals surface area (Å²) in [6, 6.07) is 11.9. The molecule has 3 heteroatoms. The molecule has 2 aromatic rings. The molecule has 1 aliphatic rings. The van der Waals surface area contributed by atoms with Gasteiger partial charge in [0.1, 0.15) is 12.0 Å². The number of nitrogens with one attached hydrogen (secondary N) is 1. The number of hydrogen-bond acceptors (Lipinski definition) is 1. The van der Waals surface area contributed by atoms with Gasteiger partial charge in [0.25, 0.3) is 0 Å². The van der Waals surface area contributed by atoms with Crippen LogP contribution in [0.3, 0.4) is 0 Å². The summed E-state index contributed by atoms with van der Waals surface area (Å²) in [5.41, 5.74) is 3.45. The topological polar surface area (TPSA) is 12.0 Å². The van der Waals surface area contributed by atoms with E-state index in [4.69, 9.17) is 0 Å². The summed E-state index contributed by atoms with van der Waals surface area (Å²) >= 11 is 0. The summed E-state index contributed by atoms with van der Waals surface area (Å²) < 4.78 is 27.6. The van der Waals surface area contributed by atoms with Crippen LogP contribution in [0.5, 0.6) is 0 Å². The van der Waals surface area contributed by atoms with Crippen LogP contribution in [0, 0.1) is 5.82 Å². The van der Waals surface area contributed by atoms with Crippen LogP contribution in [0.1, 0.15) is 22.9 Å². The average molecular weight is 259 g/mol. The molecule has 1 unspecified atom stereocenters. The molecular formula is C16H15F2N. The predicted octanol–water partition coefficient (Wildman–Crippen LogP) is 4.05. The molecule has 1 heterocycles. The summed E-state index contributed by atoms with van der Waals surface area (Å²) in [6.07, 6.45) is 0.0357. The number of hydrogen-bond donors (Lipinski definition) is 1. The van der Waals surface area contributed by atoms with Gasteiger partial charge < -0.3 is 5.32 Å². The van der Waals surface area contributed by atoms with Crippen molar-refractivity contribution in [1.82, 2.24) is 0 Å². The first kappa shape index (κ1) is 12.2. The standard InChI is InChI=1S/C16H15F2N/c17-13-5-1-3-11(9-13)10-15(18)14-6-2-4-12-7-8-19-16(12)14/h1-6,9,15,19H,7-8,10H2. The van der Waals surface area contributed by atoms with Crippen molar-refractivity contribution in [2.45, 2.75) is 19.0 Å². The first-order valence-corrected chi connectivity index (χ1v) is 6.48. The minimum Gasteiger partial charge on any atom is -0.384 e. The van der Waals surface area contributed by atoms with Crippen molar-refractivity contribution in [2.24, 2.45) is 0 Å². The Kier molecular flexibility index (Phi) is 3.20. The molecule has 1 nitrogen and oxygen atoms in total. The van der Waals surface area contributed by atoms with Gasteiger partial charge in [-0.1, -0.05) is 30.3 Å². The van der Waals surface area contributed by atoms with Crippen molar-refractivity contribution in [3.63, 3.8) is 0 Å². The second-order valence-corrected chi connectivity index (χ2v) is 4.86. The van der Waals surface area contributed by atoms with Gasteiger partial charge in [0.2, 0.25) is 0 Å². The molecule has 0 saturated carbocycles. The van der Waals surface area contributed by atoms with Crippen molar-refractivity contribution in [1.29, 1.82) is 0 Å². The summed E-state index contributed by atoms with van der Waals surface area (Å²) in [5, 5.41) is 3.23. The first-order valence-electron chi connectivity index (χ1n) is 6.48. The Labute approximate surface area is 111 Å². The van der Waals surface area contributed by atoms with Gasteiger partial charge in [-0.2, -0.15) is 0 Å². The molecular weight excluding hydrogens is 244 g/mol. The largest absolute Gasteiger partial charge is 0.384 e. The van der Waals surface area contributed by atoms with Gasteiger partial charge in [-0.15, -0.1) is 0 Å². The third kappa shape index (κ3) is 2.46. The van der Waals surface area contributed by atoms with Gasteiger partial charge in [-0.25, -0.2) is 8.78 Å². The molecule has 0 bridgehead atoms. The zero-order chi connectivity index (χ0) is 13.2. The van der Waals surface area contributed by atoms with Crippen LogP contribution in [0.15, 0.2) is 42.5 Å². The Bertz CT molecular complexity index is 595. The lowest BCUT2D eigenvalue weighted by Gasteiger charge is -2.13. The Hall–Kier alpha value is -1.90. The Morgan fingerprint density at radius 3 is 2.84 bits per heavy atom. The average Bonchev–Trinajstić information content (AvgIpc) is 2.86. The number of alkyl halides is 1. The molecule has 1 N–H and O–H groups in total. The quantitative estimate of drug-likeness (QED) is 0.877. The molecule has 98 valence electrons. The van der Waals surface area contributed by atoms with E-state index < -0.39 is 6.17 Å². The van der Waals surface area contributed by atoms with Crippen molar-refractivity contribution in [3.8, 4) is 0 Å². The molecule has 0 spiro atoms. The molecule has 0 radical (unpaired) electrons. The third-order valence-corrected chi connectivity index (χ3v) is 3.52. The number of anilines is 1. The smallest absolute Gasteiger partial charge is 0.131 e. The molecule has 2 aromatic carbocycles. The van der Waals surface area contributed by atoms with Crippen molar-refractivity contribution < 1.29 is 8.78 Å². The van der Waals surface area contributed by atoms with Crippen LogP contribution >= 0.6 is 0 Å². The minimum absolute atomic E-state index is 0.204. The zero-order valence-corrected chi connectivity index (χ0v) is 10.5. The monoisotopic (exact) mass is 259 g/mol. The van der Waals surface area contributed by atoms with Crippen LogP contribution in [0.25, 0.3) is 0 Å². The lowest BCUT2D eigenvalue weighted by Crippen LogP contribution is -2.02. The van der Waals surface area contributed by atoms with Gasteiger partial charge in [0, 0.05) is 24.2 Å². The Morgan fingerprint density at radius 1 is 1.16 bits per heavy atom. The molecule has 0 saturated heterocycles. The lowest BCUT2D eigenvalue weighted by molar-refractivity contribution is 0.343. The van der Waals surface area contributed by atoms with E-state index in [0.717, 1.165) is 18.7 Å². The predicted molar refractivity (Wildman–Crippen MR) is 72.6 cm³/mol. The maximum Gasteiger partial charge on any atom is 0.131 e. The highest BCUT2D eigenvalue weighted by atomic mass is 19.1. The van der Waals surface area contributed by atoms with Gasteiger partial charge in [0.15, 0.2) is 0 Å². The Balaban J connectivity index is 1.85. The molecule has 3 rings (SSSR count). The number of halogens is 2. The van der Waals surface area contributed by atoms with E-state index in [1.165, 1.54) is 17.7 Å². The van der Waals surface area contributed by atoms with Gasteiger partial charge in [0.05, 0.1) is 0 Å². The van der Waals surface area contributed by atoms with Gasteiger partial charge in [-0.3, -0.25) is 0 Å². The number of fused-ring (bicyclic) bond motifs is 1. The molecule has 0 aliphatic carbocycles. The molecule has 1 atom stereocenters. The van der Waals surface area contributed by atoms with E-state index >= 15 is 0 Å². The van der Waals surface area contributed by atoms with E-state index in [1.54, 1.807) is 18.2 Å². The van der Waals surface area contributed by atoms with Gasteiger partial charge >= 0.3 is 0 Å². The van der Waals surface area contributed by atoms with E-state index in [0.29, 0.717) is 11.1 Å². The first-order chi connectivity index (χ1) is 9.24. The second kappa shape index (κ2) is 5.00. The highest BCUT2D eigenvalue weighted by Crippen LogP contribution is 2.34. The fourth-order valence-corrected chi connectivity index (χ4v) is 2.61. The number of para-hydroxylation sites is 1. The van der Waals surface area contributed by atoms with Crippen LogP contribution in [0.2, 0.25) is 0 Å². The lowest BCUT2D eigenvalue weighted by atomic mass is 9.99. The number of benzene rings is 2. The van der Waals surface area contributed by atoms with E-state index in [-0.39, 0.29) is 12.2 Å². The van der Waals surface area contributed by atoms with Crippen LogP contribution in [-0.2, 0) is 12.8 Å². The highest BCUT2D eigenvalue weighted by Gasteiger charge is 2.20. The van der Waals surface area contributed by atoms with Crippen molar-refractivity contribution >= 4 is 5.69 Å². The van der Waals surface area contributed by atoms with Gasteiger partial charge in [-0.05, 0) is 29.7 Å². The molecule has 0 aromatic heterocycles. The fourth-order valence-electron chi connectivity index (χ4n) is 2.61. The maximum absolute atomic E-state index is 14.4. The molecule has 19 heavy (non-hydrogen) atoms. The SMILES string of the molecule is Fc1cccc(CC(F)c2cccc3c2NCC3)c1. The minimum atomic E-state index is -1.11. The molecule has 1 aliphatic heterocycles. The zero-order valence-electron chi connectivity index (χ0n) is 10.5. The molecule has 0 fully saturated rings. The second-order valence-electron chi connectivity index (χ2n) is 4.86. The van der Waals surface area contributed by atoms with E-state index in [1.807, 2.05) is 12.1 Å². The maximum atomic E-state index is 14.4. The van der Waals surface area contributed by atoms with Crippen molar-refractivity contribution in [3.05, 3.63) is 65.0 Å².